The molecule has 2 amide bonds. The Morgan fingerprint density at radius 2 is 1.90 bits per heavy atom. The van der Waals surface area contributed by atoms with Crippen LogP contribution in [0.1, 0.15) is 45.7 Å². The standard InChI is InChI=1S/C23H31N3O4/c1-14-9-10-15-7-6-8-18(20(15)24-14)25-21(27)16-11-12-17(19(13-16)29-5)26-22(28)30-23(2,3)4/h6-10,16-17,19H,11-13H2,1-5H3,(H,25,27)(H,26,28)/t16-,17-,19-/m1/s1. The molecule has 7 heteroatoms. The Bertz CT molecular complexity index is 922. The summed E-state index contributed by atoms with van der Waals surface area (Å²) in [6.45, 7) is 7.40. The maximum atomic E-state index is 13.0. The van der Waals surface area contributed by atoms with Crippen LogP contribution < -0.4 is 10.6 Å². The third kappa shape index (κ3) is 5.48. The van der Waals surface area contributed by atoms with Gasteiger partial charge >= 0.3 is 6.09 Å². The van der Waals surface area contributed by atoms with Crippen molar-refractivity contribution < 1.29 is 19.1 Å². The number of carbonyl (C=O) groups is 2. The van der Waals surface area contributed by atoms with E-state index >= 15 is 0 Å². The Morgan fingerprint density at radius 3 is 2.60 bits per heavy atom. The number of hydrogen-bond acceptors (Lipinski definition) is 5. The second-order valence-corrected chi connectivity index (χ2v) is 8.86. The molecule has 1 fully saturated rings. The van der Waals surface area contributed by atoms with Crippen molar-refractivity contribution in [3.05, 3.63) is 36.0 Å². The van der Waals surface area contributed by atoms with Crippen LogP contribution in [-0.4, -0.2) is 41.8 Å². The highest BCUT2D eigenvalue weighted by Crippen LogP contribution is 2.29. The average molecular weight is 414 g/mol. The molecule has 1 aliphatic rings. The van der Waals surface area contributed by atoms with Crippen molar-refractivity contribution in [3.8, 4) is 0 Å². The van der Waals surface area contributed by atoms with Crippen LogP contribution in [-0.2, 0) is 14.3 Å². The number of para-hydroxylation sites is 1. The predicted octanol–water partition coefficient (Wildman–Crippen LogP) is 4.19. The number of pyridine rings is 1. The van der Waals surface area contributed by atoms with E-state index in [0.29, 0.717) is 24.9 Å². The van der Waals surface area contributed by atoms with Crippen molar-refractivity contribution in [1.29, 1.82) is 0 Å². The molecular weight excluding hydrogens is 382 g/mol. The second-order valence-electron chi connectivity index (χ2n) is 8.86. The fourth-order valence-electron chi connectivity index (χ4n) is 3.83. The summed E-state index contributed by atoms with van der Waals surface area (Å²) in [4.78, 5) is 29.7. The van der Waals surface area contributed by atoms with Crippen LogP contribution in [0.15, 0.2) is 30.3 Å². The molecule has 1 heterocycles. The van der Waals surface area contributed by atoms with Gasteiger partial charge in [0, 0.05) is 24.1 Å². The number of benzene rings is 1. The van der Waals surface area contributed by atoms with Crippen LogP contribution in [0.3, 0.4) is 0 Å². The molecule has 162 valence electrons. The van der Waals surface area contributed by atoms with E-state index in [1.54, 1.807) is 7.11 Å². The Hall–Kier alpha value is -2.67. The quantitative estimate of drug-likeness (QED) is 0.784. The van der Waals surface area contributed by atoms with Crippen molar-refractivity contribution in [2.45, 2.75) is 64.7 Å². The third-order valence-electron chi connectivity index (χ3n) is 5.28. The van der Waals surface area contributed by atoms with Crippen molar-refractivity contribution >= 4 is 28.6 Å². The van der Waals surface area contributed by atoms with Gasteiger partial charge in [-0.05, 0) is 59.1 Å². The van der Waals surface area contributed by atoms with Crippen LogP contribution in [0.2, 0.25) is 0 Å². The topological polar surface area (TPSA) is 89.5 Å². The van der Waals surface area contributed by atoms with E-state index in [1.807, 2.05) is 58.0 Å². The molecule has 0 aliphatic heterocycles. The van der Waals surface area contributed by atoms with Crippen LogP contribution in [0.5, 0.6) is 0 Å². The van der Waals surface area contributed by atoms with Crippen LogP contribution in [0.4, 0.5) is 10.5 Å². The summed E-state index contributed by atoms with van der Waals surface area (Å²) < 4.78 is 10.9. The molecule has 1 aromatic heterocycles. The zero-order valence-corrected chi connectivity index (χ0v) is 18.3. The molecule has 1 aliphatic carbocycles. The zero-order valence-electron chi connectivity index (χ0n) is 18.3. The Balaban J connectivity index is 1.65. The van der Waals surface area contributed by atoms with E-state index in [-0.39, 0.29) is 24.0 Å². The van der Waals surface area contributed by atoms with Gasteiger partial charge < -0.3 is 20.1 Å². The Kier molecular flexibility index (Phi) is 6.61. The number of methoxy groups -OCH3 is 1. The molecule has 0 radical (unpaired) electrons. The predicted molar refractivity (Wildman–Crippen MR) is 116 cm³/mol. The minimum Gasteiger partial charge on any atom is -0.444 e. The first-order valence-electron chi connectivity index (χ1n) is 10.4. The number of hydrogen-bond donors (Lipinski definition) is 2. The van der Waals surface area contributed by atoms with Crippen molar-refractivity contribution in [2.75, 3.05) is 12.4 Å². The maximum Gasteiger partial charge on any atom is 0.407 e. The summed E-state index contributed by atoms with van der Waals surface area (Å²) >= 11 is 0. The van der Waals surface area contributed by atoms with Gasteiger partial charge in [-0.3, -0.25) is 9.78 Å². The molecule has 0 bridgehead atoms. The van der Waals surface area contributed by atoms with Gasteiger partial charge in [-0.2, -0.15) is 0 Å². The van der Waals surface area contributed by atoms with Crippen molar-refractivity contribution in [3.63, 3.8) is 0 Å². The van der Waals surface area contributed by atoms with E-state index in [2.05, 4.69) is 15.6 Å². The van der Waals surface area contributed by atoms with Crippen molar-refractivity contribution in [2.24, 2.45) is 5.92 Å². The second kappa shape index (κ2) is 9.00. The van der Waals surface area contributed by atoms with Gasteiger partial charge in [0.05, 0.1) is 23.3 Å². The van der Waals surface area contributed by atoms with E-state index in [9.17, 15) is 9.59 Å². The van der Waals surface area contributed by atoms with E-state index in [4.69, 9.17) is 9.47 Å². The van der Waals surface area contributed by atoms with Gasteiger partial charge in [-0.1, -0.05) is 18.2 Å². The summed E-state index contributed by atoms with van der Waals surface area (Å²) in [5.41, 5.74) is 1.84. The number of anilines is 1. The molecule has 0 spiro atoms. The molecule has 1 aromatic carbocycles. The summed E-state index contributed by atoms with van der Waals surface area (Å²) in [6.07, 6.45) is 1.11. The van der Waals surface area contributed by atoms with Crippen LogP contribution in [0, 0.1) is 12.8 Å². The summed E-state index contributed by atoms with van der Waals surface area (Å²) in [5, 5.41) is 6.92. The zero-order chi connectivity index (χ0) is 21.9. The van der Waals surface area contributed by atoms with Crippen molar-refractivity contribution in [1.82, 2.24) is 10.3 Å². The molecule has 7 nitrogen and oxygen atoms in total. The molecule has 1 saturated carbocycles. The number of rotatable bonds is 4. The minimum absolute atomic E-state index is 0.0522. The van der Waals surface area contributed by atoms with E-state index in [0.717, 1.165) is 16.6 Å². The first-order valence-corrected chi connectivity index (χ1v) is 10.4. The molecule has 30 heavy (non-hydrogen) atoms. The number of fused-ring (bicyclic) bond motifs is 1. The number of ether oxygens (including phenoxy) is 2. The first kappa shape index (κ1) is 22.0. The number of nitrogens with one attached hydrogen (secondary N) is 2. The first-order chi connectivity index (χ1) is 14.2. The summed E-state index contributed by atoms with van der Waals surface area (Å²) in [6, 6.07) is 9.53. The molecule has 0 saturated heterocycles. The lowest BCUT2D eigenvalue weighted by Crippen LogP contribution is -2.50. The number of aromatic nitrogens is 1. The monoisotopic (exact) mass is 413 g/mol. The fraction of sp³-hybridized carbons (Fsp3) is 0.522. The number of nitrogens with zero attached hydrogens (tertiary/aromatic N) is 1. The summed E-state index contributed by atoms with van der Waals surface area (Å²) in [5.74, 6) is -0.254. The minimum atomic E-state index is -0.561. The summed E-state index contributed by atoms with van der Waals surface area (Å²) in [7, 11) is 1.60. The third-order valence-corrected chi connectivity index (χ3v) is 5.28. The average Bonchev–Trinajstić information content (AvgIpc) is 2.67. The highest BCUT2D eigenvalue weighted by Gasteiger charge is 2.35. The lowest BCUT2D eigenvalue weighted by atomic mass is 9.83. The molecule has 3 atom stereocenters. The molecule has 2 N–H and O–H groups in total. The fourth-order valence-corrected chi connectivity index (χ4v) is 3.83. The van der Waals surface area contributed by atoms with E-state index in [1.165, 1.54) is 0 Å². The van der Waals surface area contributed by atoms with E-state index < -0.39 is 11.7 Å². The molecule has 2 aromatic rings. The normalized spacial score (nSPS) is 21.8. The molecular formula is C23H31N3O4. The van der Waals surface area contributed by atoms with Crippen LogP contribution >= 0.6 is 0 Å². The Labute approximate surface area is 177 Å². The van der Waals surface area contributed by atoms with Gasteiger partial charge in [0.25, 0.3) is 0 Å². The largest absolute Gasteiger partial charge is 0.444 e. The van der Waals surface area contributed by atoms with Gasteiger partial charge in [0.2, 0.25) is 5.91 Å². The van der Waals surface area contributed by atoms with Gasteiger partial charge in [0.15, 0.2) is 0 Å². The number of carbonyl (C=O) groups excluding carboxylic acids is 2. The lowest BCUT2D eigenvalue weighted by Gasteiger charge is -2.35. The highest BCUT2D eigenvalue weighted by molar-refractivity contribution is 6.01. The smallest absolute Gasteiger partial charge is 0.407 e. The number of aryl methyl sites for hydroxylation is 1. The highest BCUT2D eigenvalue weighted by atomic mass is 16.6. The maximum absolute atomic E-state index is 13.0. The van der Waals surface area contributed by atoms with Gasteiger partial charge in [0.1, 0.15) is 5.60 Å². The van der Waals surface area contributed by atoms with Gasteiger partial charge in [-0.25, -0.2) is 4.79 Å². The number of amides is 2. The molecule has 3 rings (SSSR count). The van der Waals surface area contributed by atoms with Gasteiger partial charge in [-0.15, -0.1) is 0 Å². The number of alkyl carbamates (subject to hydrolysis) is 1. The lowest BCUT2D eigenvalue weighted by molar-refractivity contribution is -0.122. The SMILES string of the molecule is CO[C@@H]1C[C@H](C(=O)Nc2cccc3ccc(C)nc23)CC[C@H]1NC(=O)OC(C)(C)C. The Morgan fingerprint density at radius 1 is 1.13 bits per heavy atom. The molecule has 0 unspecified atom stereocenters. The van der Waals surface area contributed by atoms with Crippen LogP contribution in [0.25, 0.3) is 10.9 Å².